The van der Waals surface area contributed by atoms with Crippen LogP contribution in [0.5, 0.6) is 0 Å². The molecule has 4 aliphatic rings. The lowest BCUT2D eigenvalue weighted by atomic mass is 9.94. The number of nitrogen functional groups attached to an aromatic ring is 1. The lowest BCUT2D eigenvalue weighted by Gasteiger charge is -2.30. The topological polar surface area (TPSA) is 187 Å². The van der Waals surface area contributed by atoms with Crippen LogP contribution in [0.4, 0.5) is 10.6 Å². The number of aromatic nitrogens is 4. The van der Waals surface area contributed by atoms with Gasteiger partial charge in [-0.15, -0.1) is 0 Å². The van der Waals surface area contributed by atoms with Crippen LogP contribution in [-0.2, 0) is 19.0 Å². The number of ether oxygens (including phenoxy) is 3. The standard InChI is InChI=1S/C27H35N7O7.C2H6/c28-23-19-24(34(14-29-19)26-21(36)20(35)22(41-26)25(37)30-17-4-5-17)32-18(31-23)3-1-2-15-6-9-33(10-7-15)27(38)40-13-16-8-11-39-12-16;1-2/h14-17,20-22,26,35-36H,2,4-13H2,(H,30,37)(H2,28,31,32);1-2H3/t16?,20?,21-,22-,26+;/m0./s1. The Morgan fingerprint density at radius 3 is 2.58 bits per heavy atom. The molecule has 0 radical (unpaired) electrons. The van der Waals surface area contributed by atoms with Gasteiger partial charge in [-0.25, -0.2) is 19.7 Å². The van der Waals surface area contributed by atoms with Crippen LogP contribution in [0.1, 0.15) is 64.4 Å². The van der Waals surface area contributed by atoms with E-state index in [-0.39, 0.29) is 29.4 Å². The average Bonchev–Trinajstić information content (AvgIpc) is 3.37. The number of carbonyl (C=O) groups excluding carboxylic acids is 2. The largest absolute Gasteiger partial charge is 0.449 e. The summed E-state index contributed by atoms with van der Waals surface area (Å²) in [6, 6.07) is 0.0866. The second-order valence-corrected chi connectivity index (χ2v) is 11.2. The molecule has 14 nitrogen and oxygen atoms in total. The summed E-state index contributed by atoms with van der Waals surface area (Å²) < 4.78 is 18.0. The molecule has 1 saturated carbocycles. The molecule has 2 unspecified atom stereocenters. The maximum absolute atomic E-state index is 12.5. The normalized spacial score (nSPS) is 27.3. The number of nitrogens with zero attached hydrogens (tertiary/aromatic N) is 5. The van der Waals surface area contributed by atoms with E-state index in [2.05, 4.69) is 32.1 Å². The highest BCUT2D eigenvalue weighted by Crippen LogP contribution is 2.33. The van der Waals surface area contributed by atoms with Crippen LogP contribution in [0.15, 0.2) is 6.33 Å². The van der Waals surface area contributed by atoms with Crippen molar-refractivity contribution < 1.29 is 34.0 Å². The number of piperidine rings is 1. The smallest absolute Gasteiger partial charge is 0.409 e. The van der Waals surface area contributed by atoms with E-state index in [9.17, 15) is 19.8 Å². The van der Waals surface area contributed by atoms with Crippen LogP contribution in [-0.4, -0.2) is 104 Å². The van der Waals surface area contributed by atoms with Gasteiger partial charge in [-0.1, -0.05) is 19.8 Å². The molecule has 14 heteroatoms. The SMILES string of the molecule is CC.Nc1nc(C#CCC2CCN(C(=O)OCC3CCOC3)CC2)nc2c1ncn2[C@@H]1O[C@H](C(=O)NC2CC2)C(O)[C@@H]1O. The number of hydrogen-bond acceptors (Lipinski definition) is 11. The van der Waals surface area contributed by atoms with Crippen molar-refractivity contribution in [3.63, 3.8) is 0 Å². The van der Waals surface area contributed by atoms with Crippen LogP contribution < -0.4 is 11.1 Å². The van der Waals surface area contributed by atoms with E-state index >= 15 is 0 Å². The quantitative estimate of drug-likeness (QED) is 0.346. The minimum absolute atomic E-state index is 0.0866. The Kier molecular flexibility index (Phi) is 9.97. The van der Waals surface area contributed by atoms with E-state index < -0.39 is 30.4 Å². The van der Waals surface area contributed by atoms with E-state index in [1.807, 2.05) is 13.8 Å². The van der Waals surface area contributed by atoms with E-state index in [1.165, 1.54) is 10.9 Å². The third kappa shape index (κ3) is 7.18. The monoisotopic (exact) mass is 599 g/mol. The number of fused-ring (bicyclic) bond motifs is 1. The molecular weight excluding hydrogens is 558 g/mol. The van der Waals surface area contributed by atoms with Crippen LogP contribution >= 0.6 is 0 Å². The third-order valence-corrected chi connectivity index (χ3v) is 8.07. The molecule has 1 aliphatic carbocycles. The van der Waals surface area contributed by atoms with Crippen LogP contribution in [0.3, 0.4) is 0 Å². The van der Waals surface area contributed by atoms with Gasteiger partial charge >= 0.3 is 6.09 Å². The van der Waals surface area contributed by atoms with Gasteiger partial charge in [-0.05, 0) is 43.9 Å². The van der Waals surface area contributed by atoms with Crippen molar-refractivity contribution in [2.75, 3.05) is 38.6 Å². The first-order valence-electron chi connectivity index (χ1n) is 15.2. The average molecular weight is 600 g/mol. The Balaban J connectivity index is 0.00000180. The lowest BCUT2D eigenvalue weighted by Crippen LogP contribution is -2.43. The number of carbonyl (C=O) groups is 2. The van der Waals surface area contributed by atoms with Crippen molar-refractivity contribution in [2.24, 2.45) is 11.8 Å². The Bertz CT molecular complexity index is 1340. The van der Waals surface area contributed by atoms with Crippen molar-refractivity contribution in [3.8, 4) is 11.8 Å². The number of nitrogens with two attached hydrogens (primary N) is 1. The van der Waals surface area contributed by atoms with Gasteiger partial charge in [-0.2, -0.15) is 0 Å². The number of anilines is 1. The van der Waals surface area contributed by atoms with Crippen molar-refractivity contribution in [1.82, 2.24) is 29.7 Å². The molecule has 234 valence electrons. The first-order valence-corrected chi connectivity index (χ1v) is 15.2. The van der Waals surface area contributed by atoms with Crippen molar-refractivity contribution in [1.29, 1.82) is 0 Å². The molecule has 2 amide bonds. The lowest BCUT2D eigenvalue weighted by molar-refractivity contribution is -0.137. The molecule has 0 spiro atoms. The van der Waals surface area contributed by atoms with Gasteiger partial charge in [0.1, 0.15) is 17.7 Å². The number of imidazole rings is 1. The predicted molar refractivity (Wildman–Crippen MR) is 154 cm³/mol. The minimum atomic E-state index is -1.41. The van der Waals surface area contributed by atoms with Gasteiger partial charge in [0.25, 0.3) is 5.91 Å². The highest BCUT2D eigenvalue weighted by atomic mass is 16.6. The maximum atomic E-state index is 12.5. The van der Waals surface area contributed by atoms with E-state index in [0.717, 1.165) is 38.7 Å². The molecule has 43 heavy (non-hydrogen) atoms. The van der Waals surface area contributed by atoms with Gasteiger partial charge in [0.2, 0.25) is 5.82 Å². The van der Waals surface area contributed by atoms with Gasteiger partial charge in [-0.3, -0.25) is 9.36 Å². The molecule has 5 heterocycles. The number of aliphatic hydroxyl groups excluding tert-OH is 2. The predicted octanol–water partition coefficient (Wildman–Crippen LogP) is 0.959. The zero-order valence-corrected chi connectivity index (χ0v) is 24.6. The second kappa shape index (κ2) is 13.9. The number of nitrogens with one attached hydrogen (secondary N) is 1. The summed E-state index contributed by atoms with van der Waals surface area (Å²) >= 11 is 0. The van der Waals surface area contributed by atoms with E-state index in [4.69, 9.17) is 19.9 Å². The molecule has 2 aromatic heterocycles. The number of likely N-dealkylation sites (tertiary alicyclic amines) is 1. The second-order valence-electron chi connectivity index (χ2n) is 11.2. The first kappa shape index (κ1) is 30.9. The zero-order chi connectivity index (χ0) is 30.5. The third-order valence-electron chi connectivity index (χ3n) is 8.07. The molecule has 6 rings (SSSR count). The number of amides is 2. The Hall–Kier alpha value is -3.51. The molecular formula is C29H41N7O7. The van der Waals surface area contributed by atoms with Crippen LogP contribution in [0, 0.1) is 23.7 Å². The molecule has 4 fully saturated rings. The van der Waals surface area contributed by atoms with Gasteiger partial charge in [0, 0.05) is 38.1 Å². The molecule has 3 aliphatic heterocycles. The van der Waals surface area contributed by atoms with E-state index in [0.29, 0.717) is 50.1 Å². The number of aliphatic hydroxyl groups is 2. The molecule has 5 N–H and O–H groups in total. The summed E-state index contributed by atoms with van der Waals surface area (Å²) in [5.41, 5.74) is 6.70. The Labute approximate surface area is 250 Å². The maximum Gasteiger partial charge on any atom is 0.409 e. The Morgan fingerprint density at radius 1 is 1.12 bits per heavy atom. The van der Waals surface area contributed by atoms with Crippen LogP contribution in [0.25, 0.3) is 11.2 Å². The zero-order valence-electron chi connectivity index (χ0n) is 24.6. The fraction of sp³-hybridized carbons (Fsp3) is 0.690. The molecule has 5 atom stereocenters. The first-order chi connectivity index (χ1) is 20.9. The van der Waals surface area contributed by atoms with Gasteiger partial charge in [0.15, 0.2) is 23.8 Å². The van der Waals surface area contributed by atoms with Gasteiger partial charge in [0.05, 0.1) is 19.5 Å². The van der Waals surface area contributed by atoms with Gasteiger partial charge < -0.3 is 40.4 Å². The van der Waals surface area contributed by atoms with E-state index in [1.54, 1.807) is 4.90 Å². The fourth-order valence-electron chi connectivity index (χ4n) is 5.39. The van der Waals surface area contributed by atoms with Crippen LogP contribution in [0.2, 0.25) is 0 Å². The minimum Gasteiger partial charge on any atom is -0.449 e. The summed E-state index contributed by atoms with van der Waals surface area (Å²) in [5.74, 6) is 6.55. The fourth-order valence-corrected chi connectivity index (χ4v) is 5.39. The summed E-state index contributed by atoms with van der Waals surface area (Å²) in [4.78, 5) is 39.6. The molecule has 2 aromatic rings. The molecule has 0 aromatic carbocycles. The summed E-state index contributed by atoms with van der Waals surface area (Å²) in [7, 11) is 0. The molecule has 0 bridgehead atoms. The molecule has 3 saturated heterocycles. The summed E-state index contributed by atoms with van der Waals surface area (Å²) in [6.45, 7) is 7.02. The van der Waals surface area contributed by atoms with Crippen molar-refractivity contribution >= 4 is 29.0 Å². The summed E-state index contributed by atoms with van der Waals surface area (Å²) in [6.07, 6.45) is 0.954. The van der Waals surface area contributed by atoms with Crippen molar-refractivity contribution in [3.05, 3.63) is 12.2 Å². The number of rotatable bonds is 6. The van der Waals surface area contributed by atoms with Crippen molar-refractivity contribution in [2.45, 2.75) is 83.0 Å². The summed E-state index contributed by atoms with van der Waals surface area (Å²) in [5, 5.41) is 23.9. The highest BCUT2D eigenvalue weighted by molar-refractivity contribution is 5.83. The number of hydrogen-bond donors (Lipinski definition) is 4. The highest BCUT2D eigenvalue weighted by Gasteiger charge is 2.48. The Morgan fingerprint density at radius 2 is 1.88 bits per heavy atom.